The first-order valence-electron chi connectivity index (χ1n) is 7.90. The van der Waals surface area contributed by atoms with E-state index in [1.54, 1.807) is 7.11 Å². The van der Waals surface area contributed by atoms with Gasteiger partial charge in [0.1, 0.15) is 5.75 Å². The Balaban J connectivity index is 1.82. The number of fused-ring (bicyclic) bond motifs is 1. The molecule has 1 aliphatic carbocycles. The summed E-state index contributed by atoms with van der Waals surface area (Å²) in [5.74, 6) is 0.918. The van der Waals surface area contributed by atoms with Gasteiger partial charge in [0.15, 0.2) is 0 Å². The normalized spacial score (nSPS) is 18.5. The second-order valence-corrected chi connectivity index (χ2v) is 5.82. The van der Waals surface area contributed by atoms with Crippen molar-refractivity contribution in [2.24, 2.45) is 0 Å². The van der Waals surface area contributed by atoms with E-state index in [1.807, 2.05) is 24.3 Å². The smallest absolute Gasteiger partial charge is 0.119 e. The van der Waals surface area contributed by atoms with Crippen molar-refractivity contribution in [3.05, 3.63) is 65.2 Å². The zero-order valence-electron chi connectivity index (χ0n) is 13.0. The predicted octanol–water partition coefficient (Wildman–Crippen LogP) is 3.40. The number of hydrogen-bond acceptors (Lipinski definition) is 3. The van der Waals surface area contributed by atoms with E-state index in [9.17, 15) is 5.11 Å². The number of ether oxygens (including phenoxy) is 1. The molecule has 2 atom stereocenters. The highest BCUT2D eigenvalue weighted by Gasteiger charge is 2.23. The Hall–Kier alpha value is -1.84. The van der Waals surface area contributed by atoms with Crippen molar-refractivity contribution in [1.29, 1.82) is 0 Å². The summed E-state index contributed by atoms with van der Waals surface area (Å²) >= 11 is 0. The summed E-state index contributed by atoms with van der Waals surface area (Å²) in [6.07, 6.45) is 3.35. The molecule has 1 aliphatic rings. The maximum atomic E-state index is 9.76. The van der Waals surface area contributed by atoms with Gasteiger partial charge in [-0.1, -0.05) is 36.4 Å². The fraction of sp³-hybridized carbons (Fsp3) is 0.368. The first-order chi connectivity index (χ1) is 10.8. The summed E-state index contributed by atoms with van der Waals surface area (Å²) in [4.78, 5) is 0. The molecular formula is C19H23NO2. The van der Waals surface area contributed by atoms with Crippen LogP contribution in [0.3, 0.4) is 0 Å². The zero-order valence-corrected chi connectivity index (χ0v) is 13.0. The number of rotatable bonds is 5. The summed E-state index contributed by atoms with van der Waals surface area (Å²) in [7, 11) is 1.71. The summed E-state index contributed by atoms with van der Waals surface area (Å²) in [5, 5.41) is 13.4. The Morgan fingerprint density at radius 3 is 2.77 bits per heavy atom. The van der Waals surface area contributed by atoms with Crippen molar-refractivity contribution in [1.82, 2.24) is 5.32 Å². The first-order valence-corrected chi connectivity index (χ1v) is 7.90. The average molecular weight is 297 g/mol. The van der Waals surface area contributed by atoms with Crippen LogP contribution in [0.5, 0.6) is 5.75 Å². The van der Waals surface area contributed by atoms with Crippen LogP contribution in [0.25, 0.3) is 0 Å². The molecule has 0 saturated heterocycles. The number of hydrogen-bond donors (Lipinski definition) is 2. The highest BCUT2D eigenvalue weighted by atomic mass is 16.5. The van der Waals surface area contributed by atoms with Crippen molar-refractivity contribution in [3.8, 4) is 5.75 Å². The van der Waals surface area contributed by atoms with Crippen LogP contribution in [0.4, 0.5) is 0 Å². The third-order valence-corrected chi connectivity index (χ3v) is 4.45. The van der Waals surface area contributed by atoms with Crippen LogP contribution in [0.1, 0.15) is 41.6 Å². The van der Waals surface area contributed by atoms with Gasteiger partial charge in [0.25, 0.3) is 0 Å². The van der Waals surface area contributed by atoms with E-state index < -0.39 is 0 Å². The molecule has 0 saturated carbocycles. The Bertz CT molecular complexity index is 612. The van der Waals surface area contributed by atoms with Gasteiger partial charge in [0, 0.05) is 6.04 Å². The molecule has 0 aliphatic heterocycles. The summed E-state index contributed by atoms with van der Waals surface area (Å²) in [5.41, 5.74) is 3.82. The molecule has 0 fully saturated rings. The lowest BCUT2D eigenvalue weighted by molar-refractivity contribution is 0.228. The van der Waals surface area contributed by atoms with Crippen LogP contribution in [-0.2, 0) is 6.42 Å². The molecule has 2 aromatic rings. The monoisotopic (exact) mass is 297 g/mol. The summed E-state index contributed by atoms with van der Waals surface area (Å²) in [6.45, 7) is 0.103. The molecule has 0 aromatic heterocycles. The number of methoxy groups -OCH3 is 1. The van der Waals surface area contributed by atoms with Gasteiger partial charge in [-0.05, 0) is 48.1 Å². The SMILES string of the molecule is COc1ccc2c(c1)CCCC2NC(CO)c1ccccc1. The van der Waals surface area contributed by atoms with E-state index in [0.29, 0.717) is 0 Å². The van der Waals surface area contributed by atoms with E-state index >= 15 is 0 Å². The molecule has 22 heavy (non-hydrogen) atoms. The van der Waals surface area contributed by atoms with Gasteiger partial charge in [0.2, 0.25) is 0 Å². The Kier molecular flexibility index (Phi) is 4.76. The third kappa shape index (κ3) is 3.16. The predicted molar refractivity (Wildman–Crippen MR) is 88.1 cm³/mol. The van der Waals surface area contributed by atoms with Crippen LogP contribution in [0, 0.1) is 0 Å². The first kappa shape index (κ1) is 15.1. The molecule has 3 heteroatoms. The quantitative estimate of drug-likeness (QED) is 0.889. The standard InChI is InChI=1S/C19H23NO2/c1-22-16-10-11-17-15(12-16)8-5-9-18(17)20-19(13-21)14-6-3-2-4-7-14/h2-4,6-7,10-12,18-21H,5,8-9,13H2,1H3. The molecule has 0 radical (unpaired) electrons. The van der Waals surface area contributed by atoms with Crippen LogP contribution in [0.15, 0.2) is 48.5 Å². The van der Waals surface area contributed by atoms with E-state index in [1.165, 1.54) is 11.1 Å². The average Bonchev–Trinajstić information content (AvgIpc) is 2.60. The van der Waals surface area contributed by atoms with Gasteiger partial charge < -0.3 is 15.2 Å². The van der Waals surface area contributed by atoms with Gasteiger partial charge in [-0.15, -0.1) is 0 Å². The number of aliphatic hydroxyl groups is 1. The minimum Gasteiger partial charge on any atom is -0.497 e. The second-order valence-electron chi connectivity index (χ2n) is 5.82. The van der Waals surface area contributed by atoms with Crippen LogP contribution in [0.2, 0.25) is 0 Å². The van der Waals surface area contributed by atoms with Crippen molar-refractivity contribution in [2.45, 2.75) is 31.3 Å². The van der Waals surface area contributed by atoms with Crippen LogP contribution < -0.4 is 10.1 Å². The van der Waals surface area contributed by atoms with Crippen molar-refractivity contribution in [3.63, 3.8) is 0 Å². The lowest BCUT2D eigenvalue weighted by atomic mass is 9.87. The zero-order chi connectivity index (χ0) is 15.4. The molecular weight excluding hydrogens is 274 g/mol. The lowest BCUT2D eigenvalue weighted by Crippen LogP contribution is -2.31. The Morgan fingerprint density at radius 2 is 2.05 bits per heavy atom. The fourth-order valence-corrected chi connectivity index (χ4v) is 3.27. The highest BCUT2D eigenvalue weighted by molar-refractivity contribution is 5.39. The van der Waals surface area contributed by atoms with Crippen LogP contribution in [-0.4, -0.2) is 18.8 Å². The van der Waals surface area contributed by atoms with Gasteiger partial charge in [-0.2, -0.15) is 0 Å². The number of nitrogens with one attached hydrogen (secondary N) is 1. The van der Waals surface area contributed by atoms with E-state index in [2.05, 4.69) is 29.6 Å². The summed E-state index contributed by atoms with van der Waals surface area (Å²) in [6, 6.07) is 16.7. The van der Waals surface area contributed by atoms with E-state index in [4.69, 9.17) is 4.74 Å². The molecule has 0 spiro atoms. The topological polar surface area (TPSA) is 41.5 Å². The Morgan fingerprint density at radius 1 is 1.23 bits per heavy atom. The van der Waals surface area contributed by atoms with Gasteiger partial charge in [-0.3, -0.25) is 0 Å². The number of benzene rings is 2. The van der Waals surface area contributed by atoms with Crippen LogP contribution >= 0.6 is 0 Å². The van der Waals surface area contributed by atoms with Gasteiger partial charge in [-0.25, -0.2) is 0 Å². The Labute approximate surface area is 131 Å². The maximum absolute atomic E-state index is 9.76. The molecule has 2 unspecified atom stereocenters. The molecule has 116 valence electrons. The van der Waals surface area contributed by atoms with Crippen molar-refractivity contribution >= 4 is 0 Å². The maximum Gasteiger partial charge on any atom is 0.119 e. The van der Waals surface area contributed by atoms with Gasteiger partial charge in [0.05, 0.1) is 19.8 Å². The van der Waals surface area contributed by atoms with E-state index in [0.717, 1.165) is 30.6 Å². The molecule has 0 heterocycles. The van der Waals surface area contributed by atoms with Crippen molar-refractivity contribution in [2.75, 3.05) is 13.7 Å². The fourth-order valence-electron chi connectivity index (χ4n) is 3.27. The molecule has 2 N–H and O–H groups in total. The minimum atomic E-state index is -0.0285. The third-order valence-electron chi connectivity index (χ3n) is 4.45. The molecule has 2 aromatic carbocycles. The summed E-state index contributed by atoms with van der Waals surface area (Å²) < 4.78 is 5.33. The van der Waals surface area contributed by atoms with E-state index in [-0.39, 0.29) is 18.7 Å². The largest absolute Gasteiger partial charge is 0.497 e. The molecule has 0 amide bonds. The lowest BCUT2D eigenvalue weighted by Gasteiger charge is -2.30. The second kappa shape index (κ2) is 6.95. The highest BCUT2D eigenvalue weighted by Crippen LogP contribution is 2.33. The molecule has 3 rings (SSSR count). The van der Waals surface area contributed by atoms with Crippen molar-refractivity contribution < 1.29 is 9.84 Å². The minimum absolute atomic E-state index is 0.0285. The number of aliphatic hydroxyl groups excluding tert-OH is 1. The molecule has 0 bridgehead atoms. The molecule has 3 nitrogen and oxygen atoms in total. The van der Waals surface area contributed by atoms with Gasteiger partial charge >= 0.3 is 0 Å². The number of aryl methyl sites for hydroxylation is 1.